The molecule has 0 bridgehead atoms. The highest BCUT2D eigenvalue weighted by molar-refractivity contribution is 5.85. The fourth-order valence-electron chi connectivity index (χ4n) is 3.33. The molecule has 0 aliphatic heterocycles. The van der Waals surface area contributed by atoms with E-state index in [0.717, 1.165) is 6.42 Å². The molecule has 0 fully saturated rings. The van der Waals surface area contributed by atoms with Crippen LogP contribution in [0.25, 0.3) is 0 Å². The summed E-state index contributed by atoms with van der Waals surface area (Å²) < 4.78 is 0. The molecule has 1 aromatic carbocycles. The Morgan fingerprint density at radius 2 is 1.08 bits per heavy atom. The van der Waals surface area contributed by atoms with Crippen LogP contribution in [0.1, 0.15) is 113 Å². The first-order chi connectivity index (χ1) is 12.2. The van der Waals surface area contributed by atoms with Gasteiger partial charge in [-0.3, -0.25) is 0 Å². The quantitative estimate of drug-likeness (QED) is 0.341. The monoisotopic (exact) mass is 345 g/mol. The SMILES string of the molecule is CCCCCCCCCCCCCCCCc1ccc(C(=O)[O-])cc1. The molecule has 0 spiro atoms. The number of benzene rings is 1. The molecule has 1 rings (SSSR count). The predicted octanol–water partition coefficient (Wildman–Crippen LogP) is 6.07. The molecule has 0 atom stereocenters. The highest BCUT2D eigenvalue weighted by Crippen LogP contribution is 2.14. The summed E-state index contributed by atoms with van der Waals surface area (Å²) in [6, 6.07) is 7.11. The van der Waals surface area contributed by atoms with E-state index in [1.165, 1.54) is 95.5 Å². The maximum Gasteiger partial charge on any atom is 0.0715 e. The first-order valence-corrected chi connectivity index (χ1v) is 10.5. The van der Waals surface area contributed by atoms with Crippen LogP contribution in [0.4, 0.5) is 0 Å². The smallest absolute Gasteiger partial charge is 0.0715 e. The highest BCUT2D eigenvalue weighted by atomic mass is 16.4. The van der Waals surface area contributed by atoms with Gasteiger partial charge in [-0.05, 0) is 24.0 Å². The Bertz CT molecular complexity index is 436. The number of unbranched alkanes of at least 4 members (excludes halogenated alkanes) is 13. The normalized spacial score (nSPS) is 10.9. The van der Waals surface area contributed by atoms with Crippen LogP contribution in [0.3, 0.4) is 0 Å². The molecular formula is C23H37O2-. The zero-order chi connectivity index (χ0) is 18.2. The number of carboxylic acid groups (broad SMARTS) is 1. The summed E-state index contributed by atoms with van der Waals surface area (Å²) in [7, 11) is 0. The Morgan fingerprint density at radius 3 is 1.48 bits per heavy atom. The topological polar surface area (TPSA) is 40.1 Å². The molecule has 0 radical (unpaired) electrons. The van der Waals surface area contributed by atoms with Crippen LogP contribution < -0.4 is 5.11 Å². The molecule has 0 saturated carbocycles. The fourth-order valence-corrected chi connectivity index (χ4v) is 3.33. The van der Waals surface area contributed by atoms with E-state index in [2.05, 4.69) is 6.92 Å². The van der Waals surface area contributed by atoms with E-state index in [1.807, 2.05) is 12.1 Å². The van der Waals surface area contributed by atoms with Crippen molar-refractivity contribution < 1.29 is 9.90 Å². The first kappa shape index (κ1) is 21.7. The van der Waals surface area contributed by atoms with Gasteiger partial charge in [-0.25, -0.2) is 0 Å². The molecule has 2 nitrogen and oxygen atoms in total. The minimum absolute atomic E-state index is 0.268. The molecule has 1 aromatic rings. The Kier molecular flexibility index (Phi) is 13.0. The number of carboxylic acids is 1. The first-order valence-electron chi connectivity index (χ1n) is 10.5. The van der Waals surface area contributed by atoms with Crippen molar-refractivity contribution in [2.45, 2.75) is 103 Å². The Balaban J connectivity index is 1.85. The minimum atomic E-state index is -1.09. The van der Waals surface area contributed by atoms with Crippen molar-refractivity contribution in [1.29, 1.82) is 0 Å². The third kappa shape index (κ3) is 11.8. The Morgan fingerprint density at radius 1 is 0.680 bits per heavy atom. The van der Waals surface area contributed by atoms with Crippen LogP contribution in [0.2, 0.25) is 0 Å². The summed E-state index contributed by atoms with van der Waals surface area (Å²) >= 11 is 0. The van der Waals surface area contributed by atoms with Gasteiger partial charge in [0.15, 0.2) is 0 Å². The van der Waals surface area contributed by atoms with Crippen molar-refractivity contribution in [3.05, 3.63) is 35.4 Å². The number of aromatic carboxylic acids is 1. The summed E-state index contributed by atoms with van der Waals surface area (Å²) in [5.74, 6) is -1.09. The molecule has 0 aliphatic rings. The van der Waals surface area contributed by atoms with Gasteiger partial charge in [-0.1, -0.05) is 115 Å². The van der Waals surface area contributed by atoms with Gasteiger partial charge in [0.25, 0.3) is 0 Å². The van der Waals surface area contributed by atoms with E-state index < -0.39 is 5.97 Å². The molecule has 2 heteroatoms. The zero-order valence-electron chi connectivity index (χ0n) is 16.2. The second-order valence-corrected chi connectivity index (χ2v) is 7.33. The number of hydrogen-bond acceptors (Lipinski definition) is 2. The molecule has 142 valence electrons. The average molecular weight is 346 g/mol. The standard InChI is InChI=1S/C23H38O2/c1-2-3-4-5-6-7-8-9-10-11-12-13-14-15-16-21-17-19-22(20-18-21)23(24)25/h17-20H,2-16H2,1H3,(H,24,25)/p-1. The van der Waals surface area contributed by atoms with Gasteiger partial charge in [-0.15, -0.1) is 0 Å². The van der Waals surface area contributed by atoms with E-state index in [9.17, 15) is 9.90 Å². The third-order valence-corrected chi connectivity index (χ3v) is 5.01. The molecule has 25 heavy (non-hydrogen) atoms. The third-order valence-electron chi connectivity index (χ3n) is 5.01. The molecule has 0 aromatic heterocycles. The number of hydrogen-bond donors (Lipinski definition) is 0. The molecule has 0 N–H and O–H groups in total. The van der Waals surface area contributed by atoms with Crippen LogP contribution in [-0.2, 0) is 6.42 Å². The van der Waals surface area contributed by atoms with Gasteiger partial charge < -0.3 is 9.90 Å². The van der Waals surface area contributed by atoms with E-state index >= 15 is 0 Å². The van der Waals surface area contributed by atoms with Crippen LogP contribution in [0, 0.1) is 0 Å². The van der Waals surface area contributed by atoms with Crippen molar-refractivity contribution in [3.8, 4) is 0 Å². The van der Waals surface area contributed by atoms with E-state index in [0.29, 0.717) is 0 Å². The molecule has 0 aliphatic carbocycles. The number of aryl methyl sites for hydroxylation is 1. The summed E-state index contributed by atoms with van der Waals surface area (Å²) in [6.45, 7) is 2.27. The second-order valence-electron chi connectivity index (χ2n) is 7.33. The van der Waals surface area contributed by atoms with Crippen LogP contribution in [0.5, 0.6) is 0 Å². The minimum Gasteiger partial charge on any atom is -0.545 e. The predicted molar refractivity (Wildman–Crippen MR) is 105 cm³/mol. The number of rotatable bonds is 16. The lowest BCUT2D eigenvalue weighted by atomic mass is 10.0. The zero-order valence-corrected chi connectivity index (χ0v) is 16.2. The lowest BCUT2D eigenvalue weighted by Crippen LogP contribution is -2.21. The summed E-state index contributed by atoms with van der Waals surface area (Å²) in [6.07, 6.45) is 20.3. The maximum absolute atomic E-state index is 10.7. The van der Waals surface area contributed by atoms with Crippen LogP contribution in [-0.4, -0.2) is 5.97 Å². The highest BCUT2D eigenvalue weighted by Gasteiger charge is 1.97. The van der Waals surface area contributed by atoms with Gasteiger partial charge in [0.05, 0.1) is 5.97 Å². The van der Waals surface area contributed by atoms with Crippen molar-refractivity contribution in [1.82, 2.24) is 0 Å². The van der Waals surface area contributed by atoms with Crippen LogP contribution >= 0.6 is 0 Å². The largest absolute Gasteiger partial charge is 0.545 e. The molecule has 0 amide bonds. The number of carbonyl (C=O) groups excluding carboxylic acids is 1. The van der Waals surface area contributed by atoms with Gasteiger partial charge in [-0.2, -0.15) is 0 Å². The molecular weight excluding hydrogens is 308 g/mol. The lowest BCUT2D eigenvalue weighted by Gasteiger charge is -2.05. The van der Waals surface area contributed by atoms with Crippen molar-refractivity contribution >= 4 is 5.97 Å². The van der Waals surface area contributed by atoms with Gasteiger partial charge >= 0.3 is 0 Å². The summed E-state index contributed by atoms with van der Waals surface area (Å²) in [4.78, 5) is 10.7. The van der Waals surface area contributed by atoms with E-state index in [1.54, 1.807) is 12.1 Å². The lowest BCUT2D eigenvalue weighted by molar-refractivity contribution is -0.255. The Labute approximate surface area is 155 Å². The second kappa shape index (κ2) is 15.0. The summed E-state index contributed by atoms with van der Waals surface area (Å²) in [5, 5.41) is 10.7. The maximum atomic E-state index is 10.7. The van der Waals surface area contributed by atoms with Gasteiger partial charge in [0, 0.05) is 0 Å². The van der Waals surface area contributed by atoms with E-state index in [-0.39, 0.29) is 5.56 Å². The average Bonchev–Trinajstić information content (AvgIpc) is 2.62. The fraction of sp³-hybridized carbons (Fsp3) is 0.696. The van der Waals surface area contributed by atoms with Gasteiger partial charge in [0.1, 0.15) is 0 Å². The molecule has 0 heterocycles. The van der Waals surface area contributed by atoms with Crippen molar-refractivity contribution in [2.24, 2.45) is 0 Å². The molecule has 0 unspecified atom stereocenters. The number of carbonyl (C=O) groups is 1. The summed E-state index contributed by atoms with van der Waals surface area (Å²) in [5.41, 5.74) is 1.49. The van der Waals surface area contributed by atoms with E-state index in [4.69, 9.17) is 0 Å². The Hall–Kier alpha value is -1.31. The van der Waals surface area contributed by atoms with Crippen molar-refractivity contribution in [2.75, 3.05) is 0 Å². The van der Waals surface area contributed by atoms with Crippen LogP contribution in [0.15, 0.2) is 24.3 Å². The molecule has 0 saturated heterocycles. The van der Waals surface area contributed by atoms with Crippen molar-refractivity contribution in [3.63, 3.8) is 0 Å². The van der Waals surface area contributed by atoms with Gasteiger partial charge in [0.2, 0.25) is 0 Å².